The molecule has 0 amide bonds. The number of benzene rings is 1. The molecule has 6 heteroatoms. The molecule has 3 aromatic rings. The Balaban J connectivity index is 1.74. The maximum Gasteiger partial charge on any atom is 0.342 e. The Morgan fingerprint density at radius 3 is 2.61 bits per heavy atom. The van der Waals surface area contributed by atoms with Crippen LogP contribution >= 0.6 is 0 Å². The number of rotatable bonds is 4. The second-order valence-corrected chi connectivity index (χ2v) is 5.06. The Morgan fingerprint density at radius 2 is 1.96 bits per heavy atom. The zero-order chi connectivity index (χ0) is 16.4. The van der Waals surface area contributed by atoms with Gasteiger partial charge in [-0.05, 0) is 44.2 Å². The van der Waals surface area contributed by atoms with Gasteiger partial charge in [0, 0.05) is 11.1 Å². The molecule has 0 aliphatic rings. The fourth-order valence-corrected chi connectivity index (χ4v) is 2.18. The Bertz CT molecular complexity index is 833. The quantitative estimate of drug-likeness (QED) is 0.680. The van der Waals surface area contributed by atoms with Crippen LogP contribution in [0.4, 0.5) is 4.39 Å². The molecule has 0 N–H and O–H groups in total. The molecule has 118 valence electrons. The Labute approximate surface area is 131 Å². The number of aryl methyl sites for hydroxylation is 1. The first-order valence-corrected chi connectivity index (χ1v) is 6.98. The van der Waals surface area contributed by atoms with Gasteiger partial charge in [0.25, 0.3) is 0 Å². The molecule has 0 aliphatic heterocycles. The summed E-state index contributed by atoms with van der Waals surface area (Å²) in [5, 5.41) is 3.92. The minimum absolute atomic E-state index is 0.0139. The maximum absolute atomic E-state index is 13.0. The lowest BCUT2D eigenvalue weighted by Crippen LogP contribution is -2.06. The van der Waals surface area contributed by atoms with Crippen LogP contribution < -0.4 is 0 Å². The second kappa shape index (κ2) is 6.08. The molecule has 2 aromatic heterocycles. The van der Waals surface area contributed by atoms with E-state index >= 15 is 0 Å². The molecule has 0 radical (unpaired) electrons. The van der Waals surface area contributed by atoms with Crippen LogP contribution in [0.1, 0.15) is 27.4 Å². The van der Waals surface area contributed by atoms with Crippen LogP contribution in [0.15, 0.2) is 45.5 Å². The summed E-state index contributed by atoms with van der Waals surface area (Å²) in [5.74, 6) is 0.215. The van der Waals surface area contributed by atoms with Crippen LogP contribution in [-0.4, -0.2) is 11.1 Å². The van der Waals surface area contributed by atoms with Crippen molar-refractivity contribution in [3.63, 3.8) is 0 Å². The molecule has 0 unspecified atom stereocenters. The number of furan rings is 1. The molecule has 0 fully saturated rings. The highest BCUT2D eigenvalue weighted by molar-refractivity contribution is 5.90. The van der Waals surface area contributed by atoms with Crippen LogP contribution in [0, 0.1) is 19.7 Å². The SMILES string of the molecule is Cc1occc1C(=O)OCc1noc(-c2ccc(F)cc2)c1C. The topological polar surface area (TPSA) is 65.5 Å². The maximum atomic E-state index is 13.0. The van der Waals surface area contributed by atoms with Crippen LogP contribution in [0.3, 0.4) is 0 Å². The van der Waals surface area contributed by atoms with Gasteiger partial charge in [-0.1, -0.05) is 5.16 Å². The normalized spacial score (nSPS) is 10.7. The number of aromatic nitrogens is 1. The smallest absolute Gasteiger partial charge is 0.342 e. The highest BCUT2D eigenvalue weighted by atomic mass is 19.1. The summed E-state index contributed by atoms with van der Waals surface area (Å²) in [6.45, 7) is 3.48. The van der Waals surface area contributed by atoms with E-state index in [-0.39, 0.29) is 12.4 Å². The van der Waals surface area contributed by atoms with Crippen molar-refractivity contribution in [2.45, 2.75) is 20.5 Å². The van der Waals surface area contributed by atoms with Gasteiger partial charge in [-0.15, -0.1) is 0 Å². The molecule has 0 bridgehead atoms. The highest BCUT2D eigenvalue weighted by Gasteiger charge is 2.17. The van der Waals surface area contributed by atoms with Crippen molar-refractivity contribution in [1.29, 1.82) is 0 Å². The summed E-state index contributed by atoms with van der Waals surface area (Å²) in [6, 6.07) is 7.45. The number of hydrogen-bond acceptors (Lipinski definition) is 5. The summed E-state index contributed by atoms with van der Waals surface area (Å²) in [7, 11) is 0. The van der Waals surface area contributed by atoms with E-state index in [1.165, 1.54) is 18.4 Å². The zero-order valence-electron chi connectivity index (χ0n) is 12.6. The predicted molar refractivity (Wildman–Crippen MR) is 79.2 cm³/mol. The van der Waals surface area contributed by atoms with Crippen molar-refractivity contribution < 1.29 is 22.9 Å². The molecule has 0 atom stereocenters. The van der Waals surface area contributed by atoms with Crippen molar-refractivity contribution in [2.75, 3.05) is 0 Å². The number of hydrogen-bond donors (Lipinski definition) is 0. The lowest BCUT2D eigenvalue weighted by Gasteiger charge is -2.02. The third kappa shape index (κ3) is 3.01. The molecule has 1 aromatic carbocycles. The average molecular weight is 315 g/mol. The van der Waals surface area contributed by atoms with E-state index in [1.54, 1.807) is 25.1 Å². The Kier molecular flexibility index (Phi) is 3.97. The molecule has 23 heavy (non-hydrogen) atoms. The van der Waals surface area contributed by atoms with Gasteiger partial charge in [0.15, 0.2) is 5.76 Å². The fraction of sp³-hybridized carbons (Fsp3) is 0.176. The van der Waals surface area contributed by atoms with E-state index in [9.17, 15) is 9.18 Å². The third-order valence-corrected chi connectivity index (χ3v) is 3.55. The molecular formula is C17H14FNO4. The standard InChI is InChI=1S/C17H14FNO4/c1-10-15(9-22-17(20)14-7-8-21-11(14)2)19-23-16(10)12-3-5-13(18)6-4-12/h3-8H,9H2,1-2H3. The lowest BCUT2D eigenvalue weighted by molar-refractivity contribution is 0.0462. The molecule has 0 saturated carbocycles. The van der Waals surface area contributed by atoms with Crippen LogP contribution in [-0.2, 0) is 11.3 Å². The van der Waals surface area contributed by atoms with Crippen molar-refractivity contribution in [3.05, 3.63) is 65.0 Å². The summed E-state index contributed by atoms with van der Waals surface area (Å²) in [4.78, 5) is 11.9. The molecule has 0 spiro atoms. The molecule has 5 nitrogen and oxygen atoms in total. The van der Waals surface area contributed by atoms with Gasteiger partial charge in [0.05, 0.1) is 6.26 Å². The van der Waals surface area contributed by atoms with Crippen LogP contribution in [0.2, 0.25) is 0 Å². The number of halogens is 1. The zero-order valence-corrected chi connectivity index (χ0v) is 12.6. The molecule has 3 rings (SSSR count). The van der Waals surface area contributed by atoms with E-state index in [4.69, 9.17) is 13.7 Å². The first-order chi connectivity index (χ1) is 11.1. The van der Waals surface area contributed by atoms with Crippen LogP contribution in [0.25, 0.3) is 11.3 Å². The first-order valence-electron chi connectivity index (χ1n) is 6.98. The molecule has 0 aliphatic carbocycles. The van der Waals surface area contributed by atoms with Gasteiger partial charge in [0.2, 0.25) is 0 Å². The van der Waals surface area contributed by atoms with Crippen molar-refractivity contribution in [1.82, 2.24) is 5.16 Å². The number of carbonyl (C=O) groups is 1. The van der Waals surface area contributed by atoms with Gasteiger partial charge in [-0.25, -0.2) is 9.18 Å². The third-order valence-electron chi connectivity index (χ3n) is 3.55. The molecule has 0 saturated heterocycles. The Morgan fingerprint density at radius 1 is 1.22 bits per heavy atom. The number of nitrogens with zero attached hydrogens (tertiary/aromatic N) is 1. The van der Waals surface area contributed by atoms with Gasteiger partial charge < -0.3 is 13.7 Å². The summed E-state index contributed by atoms with van der Waals surface area (Å²) in [6.07, 6.45) is 1.43. The van der Waals surface area contributed by atoms with E-state index in [0.29, 0.717) is 28.3 Å². The lowest BCUT2D eigenvalue weighted by atomic mass is 10.1. The van der Waals surface area contributed by atoms with Gasteiger partial charge >= 0.3 is 5.97 Å². The summed E-state index contributed by atoms with van der Waals surface area (Å²) in [5.41, 5.74) is 2.34. The fourth-order valence-electron chi connectivity index (χ4n) is 2.18. The summed E-state index contributed by atoms with van der Waals surface area (Å²) < 4.78 is 28.5. The van der Waals surface area contributed by atoms with E-state index in [0.717, 1.165) is 5.56 Å². The minimum atomic E-state index is -0.484. The van der Waals surface area contributed by atoms with E-state index in [2.05, 4.69) is 5.16 Å². The number of esters is 1. The average Bonchev–Trinajstić information content (AvgIpc) is 3.12. The first kappa shape index (κ1) is 15.0. The van der Waals surface area contributed by atoms with E-state index < -0.39 is 5.97 Å². The predicted octanol–water partition coefficient (Wildman–Crippen LogP) is 4.05. The Hall–Kier alpha value is -2.89. The number of carbonyl (C=O) groups excluding carboxylic acids is 1. The van der Waals surface area contributed by atoms with Gasteiger partial charge in [0.1, 0.15) is 29.4 Å². The van der Waals surface area contributed by atoms with Crippen molar-refractivity contribution in [2.24, 2.45) is 0 Å². The summed E-state index contributed by atoms with van der Waals surface area (Å²) >= 11 is 0. The number of ether oxygens (including phenoxy) is 1. The minimum Gasteiger partial charge on any atom is -0.469 e. The van der Waals surface area contributed by atoms with Crippen molar-refractivity contribution in [3.8, 4) is 11.3 Å². The molecule has 2 heterocycles. The van der Waals surface area contributed by atoms with E-state index in [1.807, 2.05) is 6.92 Å². The largest absolute Gasteiger partial charge is 0.469 e. The second-order valence-electron chi connectivity index (χ2n) is 5.06. The van der Waals surface area contributed by atoms with Gasteiger partial charge in [-0.3, -0.25) is 0 Å². The highest BCUT2D eigenvalue weighted by Crippen LogP contribution is 2.26. The molecular weight excluding hydrogens is 301 g/mol. The van der Waals surface area contributed by atoms with Crippen molar-refractivity contribution >= 4 is 5.97 Å². The monoisotopic (exact) mass is 315 g/mol. The van der Waals surface area contributed by atoms with Crippen LogP contribution in [0.5, 0.6) is 0 Å². The van der Waals surface area contributed by atoms with Gasteiger partial charge in [-0.2, -0.15) is 0 Å².